The first-order valence-corrected chi connectivity index (χ1v) is 8.46. The number of hydrogen-bond acceptors (Lipinski definition) is 3. The summed E-state index contributed by atoms with van der Waals surface area (Å²) in [5.41, 5.74) is 1.63. The quantitative estimate of drug-likeness (QED) is 0.943. The van der Waals surface area contributed by atoms with E-state index in [-0.39, 0.29) is 5.91 Å². The van der Waals surface area contributed by atoms with Crippen molar-refractivity contribution in [3.05, 3.63) is 35.7 Å². The first-order chi connectivity index (χ1) is 11.1. The van der Waals surface area contributed by atoms with E-state index >= 15 is 0 Å². The van der Waals surface area contributed by atoms with Crippen molar-refractivity contribution < 1.29 is 4.79 Å². The monoisotopic (exact) mass is 315 g/mol. The number of rotatable bonds is 4. The molecule has 1 aliphatic rings. The molecule has 3 heterocycles. The maximum Gasteiger partial charge on any atom is 0.257 e. The Morgan fingerprint density at radius 2 is 2.30 bits per heavy atom. The molecule has 124 valence electrons. The Morgan fingerprint density at radius 3 is 3.04 bits per heavy atom. The third-order valence-electron chi connectivity index (χ3n) is 4.59. The number of aromatic amines is 1. The Labute approximate surface area is 136 Å². The van der Waals surface area contributed by atoms with Crippen LogP contribution in [0.2, 0.25) is 0 Å². The fourth-order valence-electron chi connectivity index (χ4n) is 3.38. The lowest BCUT2D eigenvalue weighted by Gasteiger charge is -2.34. The molecule has 1 fully saturated rings. The Morgan fingerprint density at radius 1 is 1.48 bits per heavy atom. The van der Waals surface area contributed by atoms with Crippen LogP contribution < -0.4 is 0 Å². The summed E-state index contributed by atoms with van der Waals surface area (Å²) in [5.74, 6) is 1.57. The van der Waals surface area contributed by atoms with Crippen molar-refractivity contribution >= 4 is 5.91 Å². The molecule has 0 radical (unpaired) electrons. The summed E-state index contributed by atoms with van der Waals surface area (Å²) in [6.45, 7) is 7.90. The van der Waals surface area contributed by atoms with E-state index in [0.717, 1.165) is 43.9 Å². The summed E-state index contributed by atoms with van der Waals surface area (Å²) >= 11 is 0. The van der Waals surface area contributed by atoms with Gasteiger partial charge in [0.05, 0.1) is 17.8 Å². The van der Waals surface area contributed by atoms with E-state index in [4.69, 9.17) is 0 Å². The highest BCUT2D eigenvalue weighted by molar-refractivity contribution is 5.95. The van der Waals surface area contributed by atoms with Gasteiger partial charge in [-0.25, -0.2) is 4.98 Å². The number of nitrogens with zero attached hydrogens (tertiary/aromatic N) is 4. The molecule has 6 heteroatoms. The number of carbonyl (C=O) groups excluding carboxylic acids is 1. The van der Waals surface area contributed by atoms with Gasteiger partial charge in [0.2, 0.25) is 0 Å². The second-order valence-electron chi connectivity index (χ2n) is 6.51. The van der Waals surface area contributed by atoms with Crippen LogP contribution in [0.15, 0.2) is 18.6 Å². The van der Waals surface area contributed by atoms with Gasteiger partial charge in [0.15, 0.2) is 0 Å². The third kappa shape index (κ3) is 3.02. The largest absolute Gasteiger partial charge is 0.336 e. The van der Waals surface area contributed by atoms with E-state index in [9.17, 15) is 4.79 Å². The lowest BCUT2D eigenvalue weighted by atomic mass is 10.0. The molecule has 2 aromatic heterocycles. The molecule has 1 saturated heterocycles. The number of likely N-dealkylation sites (tertiary alicyclic amines) is 1. The van der Waals surface area contributed by atoms with Gasteiger partial charge in [-0.3, -0.25) is 9.89 Å². The van der Waals surface area contributed by atoms with Crippen LogP contribution in [0, 0.1) is 0 Å². The Kier molecular flexibility index (Phi) is 4.50. The molecule has 0 saturated carbocycles. The van der Waals surface area contributed by atoms with Gasteiger partial charge < -0.3 is 9.47 Å². The molecule has 0 bridgehead atoms. The molecule has 1 N–H and O–H groups in total. The minimum Gasteiger partial charge on any atom is -0.336 e. The predicted molar refractivity (Wildman–Crippen MR) is 88.5 cm³/mol. The normalized spacial score (nSPS) is 18.6. The maximum atomic E-state index is 12.8. The highest BCUT2D eigenvalue weighted by Gasteiger charge is 2.28. The number of aryl methyl sites for hydroxylation is 1. The average molecular weight is 315 g/mol. The van der Waals surface area contributed by atoms with E-state index in [1.54, 1.807) is 6.20 Å². The van der Waals surface area contributed by atoms with Crippen molar-refractivity contribution in [3.63, 3.8) is 0 Å². The topological polar surface area (TPSA) is 66.8 Å². The summed E-state index contributed by atoms with van der Waals surface area (Å²) in [6, 6.07) is 0.310. The number of carbonyl (C=O) groups is 1. The van der Waals surface area contributed by atoms with E-state index in [0.29, 0.717) is 17.5 Å². The van der Waals surface area contributed by atoms with Crippen LogP contribution >= 0.6 is 0 Å². The third-order valence-corrected chi connectivity index (χ3v) is 4.59. The number of piperidine rings is 1. The van der Waals surface area contributed by atoms with E-state index in [2.05, 4.69) is 33.6 Å². The molecule has 0 aliphatic carbocycles. The smallest absolute Gasteiger partial charge is 0.257 e. The van der Waals surface area contributed by atoms with Crippen molar-refractivity contribution in [3.8, 4) is 0 Å². The van der Waals surface area contributed by atoms with Crippen LogP contribution in [0.3, 0.4) is 0 Å². The van der Waals surface area contributed by atoms with Gasteiger partial charge in [0.25, 0.3) is 5.91 Å². The fraction of sp³-hybridized carbons (Fsp3) is 0.588. The summed E-state index contributed by atoms with van der Waals surface area (Å²) in [5, 5.41) is 6.95. The van der Waals surface area contributed by atoms with Gasteiger partial charge in [0.1, 0.15) is 5.82 Å². The molecule has 1 amide bonds. The number of hydrogen-bond donors (Lipinski definition) is 1. The second kappa shape index (κ2) is 6.56. The number of amides is 1. The lowest BCUT2D eigenvalue weighted by molar-refractivity contribution is 0.0676. The van der Waals surface area contributed by atoms with Crippen molar-refractivity contribution in [1.29, 1.82) is 0 Å². The first-order valence-electron chi connectivity index (χ1n) is 8.46. The standard InChI is InChI=1S/C17H25N5O/c1-4-15-14(10-19-20-15)17(23)21-8-5-6-13(11-21)22-9-7-18-16(22)12(2)3/h7,9-10,12-13H,4-6,8,11H2,1-3H3,(H,19,20)/t13-/m1/s1. The van der Waals surface area contributed by atoms with Crippen molar-refractivity contribution in [2.75, 3.05) is 13.1 Å². The molecule has 23 heavy (non-hydrogen) atoms. The number of aromatic nitrogens is 4. The highest BCUT2D eigenvalue weighted by Crippen LogP contribution is 2.26. The minimum absolute atomic E-state index is 0.0894. The number of nitrogens with one attached hydrogen (secondary N) is 1. The summed E-state index contributed by atoms with van der Waals surface area (Å²) in [6.07, 6.45) is 8.46. The average Bonchev–Trinajstić information content (AvgIpc) is 3.23. The number of imidazole rings is 1. The van der Waals surface area contributed by atoms with Crippen LogP contribution in [0.4, 0.5) is 0 Å². The Bertz CT molecular complexity index is 672. The van der Waals surface area contributed by atoms with E-state index in [1.807, 2.05) is 24.2 Å². The van der Waals surface area contributed by atoms with Crippen LogP contribution in [0.5, 0.6) is 0 Å². The summed E-state index contributed by atoms with van der Waals surface area (Å²) < 4.78 is 2.25. The maximum absolute atomic E-state index is 12.8. The van der Waals surface area contributed by atoms with E-state index < -0.39 is 0 Å². The zero-order valence-electron chi connectivity index (χ0n) is 14.1. The second-order valence-corrected chi connectivity index (χ2v) is 6.51. The van der Waals surface area contributed by atoms with Crippen LogP contribution in [-0.4, -0.2) is 43.6 Å². The molecule has 2 aromatic rings. The highest BCUT2D eigenvalue weighted by atomic mass is 16.2. The molecule has 0 aromatic carbocycles. The molecular formula is C17H25N5O. The van der Waals surface area contributed by atoms with Gasteiger partial charge >= 0.3 is 0 Å². The summed E-state index contributed by atoms with van der Waals surface area (Å²) in [7, 11) is 0. The Hall–Kier alpha value is -2.11. The van der Waals surface area contributed by atoms with Gasteiger partial charge in [0, 0.05) is 37.1 Å². The lowest BCUT2D eigenvalue weighted by Crippen LogP contribution is -2.41. The van der Waals surface area contributed by atoms with Gasteiger partial charge in [-0.2, -0.15) is 5.10 Å². The van der Waals surface area contributed by atoms with E-state index in [1.165, 1.54) is 0 Å². The molecule has 0 unspecified atom stereocenters. The van der Waals surface area contributed by atoms with Crippen molar-refractivity contribution in [2.45, 2.75) is 52.0 Å². The minimum atomic E-state index is 0.0894. The van der Waals surface area contributed by atoms with Gasteiger partial charge in [-0.15, -0.1) is 0 Å². The molecular weight excluding hydrogens is 290 g/mol. The molecule has 1 aliphatic heterocycles. The van der Waals surface area contributed by atoms with Gasteiger partial charge in [-0.05, 0) is 19.3 Å². The van der Waals surface area contributed by atoms with Crippen LogP contribution in [-0.2, 0) is 6.42 Å². The van der Waals surface area contributed by atoms with Crippen molar-refractivity contribution in [1.82, 2.24) is 24.6 Å². The SMILES string of the molecule is CCc1[nH]ncc1C(=O)N1CCC[C@@H](n2ccnc2C(C)C)C1. The first kappa shape index (κ1) is 15.8. The van der Waals surface area contributed by atoms with Crippen LogP contribution in [0.25, 0.3) is 0 Å². The summed E-state index contributed by atoms with van der Waals surface area (Å²) in [4.78, 5) is 19.3. The predicted octanol–water partition coefficient (Wildman–Crippen LogP) is 2.77. The molecule has 3 rings (SSSR count). The van der Waals surface area contributed by atoms with Gasteiger partial charge in [-0.1, -0.05) is 20.8 Å². The van der Waals surface area contributed by atoms with Crippen molar-refractivity contribution in [2.24, 2.45) is 0 Å². The molecule has 1 atom stereocenters. The molecule has 6 nitrogen and oxygen atoms in total. The Balaban J connectivity index is 1.78. The zero-order valence-corrected chi connectivity index (χ0v) is 14.1. The number of H-pyrrole nitrogens is 1. The molecule has 0 spiro atoms. The van der Waals surface area contributed by atoms with Crippen LogP contribution in [0.1, 0.15) is 67.4 Å². The zero-order chi connectivity index (χ0) is 16.4. The fourth-order valence-corrected chi connectivity index (χ4v) is 3.38.